The second kappa shape index (κ2) is 74.3. The molecule has 0 heterocycles. The van der Waals surface area contributed by atoms with Crippen molar-refractivity contribution in [3.8, 4) is 0 Å². The Labute approximate surface area is 132 Å². The minimum atomic E-state index is 0. The first-order valence-electron chi connectivity index (χ1n) is 0. The van der Waals surface area contributed by atoms with Crippen molar-refractivity contribution in [2.45, 2.75) is 0 Å². The molecule has 0 amide bonds. The quantitative estimate of drug-likeness (QED) is 0.385. The van der Waals surface area contributed by atoms with E-state index < -0.39 is 0 Å². The van der Waals surface area contributed by atoms with Gasteiger partial charge in [0, 0.05) is 24.4 Å². The van der Waals surface area contributed by atoms with Crippen molar-refractivity contribution in [2.75, 3.05) is 0 Å². The summed E-state index contributed by atoms with van der Waals surface area (Å²) in [6.45, 7) is 0. The van der Waals surface area contributed by atoms with E-state index in [2.05, 4.69) is 0 Å². The molecule has 0 atom stereocenters. The monoisotopic (exact) mass is 262 g/mol. The van der Waals surface area contributed by atoms with E-state index >= 15 is 0 Å². The third-order valence-electron chi connectivity index (χ3n) is 0. The summed E-state index contributed by atoms with van der Waals surface area (Å²) in [6, 6.07) is 0. The van der Waals surface area contributed by atoms with E-state index in [9.17, 15) is 0 Å². The van der Waals surface area contributed by atoms with E-state index in [-0.39, 0.29) is 135 Å². The fraction of sp³-hybridized carbons (Fsp3) is 0. The Morgan fingerprint density at radius 1 is 0.375 bits per heavy atom. The summed E-state index contributed by atoms with van der Waals surface area (Å²) in [4.78, 5) is 0. The van der Waals surface area contributed by atoms with Gasteiger partial charge in [-0.1, -0.05) is 0 Å². The summed E-state index contributed by atoms with van der Waals surface area (Å²) in [5.74, 6) is 0. The average molecular weight is 263 g/mol. The Bertz CT molecular complexity index is 11.2. The van der Waals surface area contributed by atoms with Crippen LogP contribution in [-0.2, 0) is 0 Å². The Morgan fingerprint density at radius 2 is 0.375 bits per heavy atom. The summed E-state index contributed by atoms with van der Waals surface area (Å²) in [5.41, 5.74) is 0. The van der Waals surface area contributed by atoms with Crippen LogP contribution in [0.5, 0.6) is 0 Å². The molecule has 0 saturated heterocycles. The predicted octanol–water partition coefficient (Wildman–Crippen LogP) is -12.7. The zero-order chi connectivity index (χ0) is 0. The molecule has 4 nitrogen and oxygen atoms in total. The molecule has 8 heavy (non-hydrogen) atoms. The summed E-state index contributed by atoms with van der Waals surface area (Å²) >= 11 is 0. The van der Waals surface area contributed by atoms with Gasteiger partial charge in [-0.3, -0.25) is 0 Å². The smallest absolute Gasteiger partial charge is 0.412 e. The van der Waals surface area contributed by atoms with Crippen molar-refractivity contribution in [3.05, 3.63) is 0 Å². The molecule has 0 saturated carbocycles. The third kappa shape index (κ3) is 54.1. The molecule has 8 heteroatoms. The van der Waals surface area contributed by atoms with Crippen LogP contribution in [0.1, 0.15) is 0 Å². The van der Waals surface area contributed by atoms with Crippen LogP contribution in [0.15, 0.2) is 0 Å². The molecule has 0 aliphatic heterocycles. The molecule has 0 spiro atoms. The molecular formula is H8Na3O4Sb+3. The van der Waals surface area contributed by atoms with E-state index in [4.69, 9.17) is 0 Å². The SMILES string of the molecule is O.O.O.O.[Na+].[Na+].[Na+].[Sb]. The van der Waals surface area contributed by atoms with Gasteiger partial charge in [0.25, 0.3) is 0 Å². The van der Waals surface area contributed by atoms with Crippen molar-refractivity contribution >= 4 is 24.4 Å². The Morgan fingerprint density at radius 3 is 0.375 bits per heavy atom. The first kappa shape index (κ1) is 99.0. The van der Waals surface area contributed by atoms with Crippen LogP contribution >= 0.6 is 0 Å². The molecule has 0 bridgehead atoms. The Hall–Kier alpha value is 3.66. The zero-order valence-corrected chi connectivity index (χ0v) is 14.0. The van der Waals surface area contributed by atoms with Gasteiger partial charge in [0.2, 0.25) is 0 Å². The third-order valence-corrected chi connectivity index (χ3v) is 0. The van der Waals surface area contributed by atoms with Gasteiger partial charge in [-0.25, -0.2) is 0 Å². The first-order valence-corrected chi connectivity index (χ1v) is 0. The summed E-state index contributed by atoms with van der Waals surface area (Å²) in [7, 11) is 0. The van der Waals surface area contributed by atoms with Crippen LogP contribution in [0.2, 0.25) is 0 Å². The van der Waals surface area contributed by atoms with Crippen LogP contribution in [0.25, 0.3) is 0 Å². The molecule has 0 rings (SSSR count). The van der Waals surface area contributed by atoms with Crippen LogP contribution in [0, 0.1) is 0 Å². The fourth-order valence-electron chi connectivity index (χ4n) is 0. The minimum absolute atomic E-state index is 0. The molecule has 0 fully saturated rings. The van der Waals surface area contributed by atoms with E-state index in [1.807, 2.05) is 0 Å². The molecule has 0 unspecified atom stereocenters. The molecule has 37 valence electrons. The van der Waals surface area contributed by atoms with Gasteiger partial charge in [-0.05, 0) is 0 Å². The van der Waals surface area contributed by atoms with Crippen LogP contribution in [0.4, 0.5) is 0 Å². The summed E-state index contributed by atoms with van der Waals surface area (Å²) in [6.07, 6.45) is 0. The molecule has 0 aliphatic carbocycles. The van der Waals surface area contributed by atoms with Gasteiger partial charge < -0.3 is 21.9 Å². The van der Waals surface area contributed by atoms with Crippen molar-refractivity contribution in [1.29, 1.82) is 0 Å². The zero-order valence-electron chi connectivity index (χ0n) is 5.45. The maximum absolute atomic E-state index is 0. The number of hydrogen-bond acceptors (Lipinski definition) is 0. The number of rotatable bonds is 0. The summed E-state index contributed by atoms with van der Waals surface area (Å²) < 4.78 is 0. The maximum Gasteiger partial charge on any atom is 1.00 e. The Balaban J connectivity index is 0. The molecule has 0 aliphatic rings. The van der Waals surface area contributed by atoms with E-state index in [0.717, 1.165) is 0 Å². The first-order chi connectivity index (χ1) is 0. The topological polar surface area (TPSA) is 126 Å². The van der Waals surface area contributed by atoms with Crippen molar-refractivity contribution in [2.24, 2.45) is 0 Å². The fourth-order valence-corrected chi connectivity index (χ4v) is 0. The molecule has 0 aromatic carbocycles. The molecule has 0 aromatic heterocycles. The minimum Gasteiger partial charge on any atom is -0.412 e. The average Bonchev–Trinajstić information content (AvgIpc) is 0. The van der Waals surface area contributed by atoms with Gasteiger partial charge in [0.05, 0.1) is 0 Å². The molecule has 8 N–H and O–H groups in total. The summed E-state index contributed by atoms with van der Waals surface area (Å²) in [5, 5.41) is 0. The van der Waals surface area contributed by atoms with Crippen molar-refractivity contribution < 1.29 is 111 Å². The number of hydrogen-bond donors (Lipinski definition) is 0. The van der Waals surface area contributed by atoms with Gasteiger partial charge in [0.1, 0.15) is 0 Å². The molecule has 3 radical (unpaired) electrons. The second-order valence-corrected chi connectivity index (χ2v) is 0. The van der Waals surface area contributed by atoms with E-state index in [1.54, 1.807) is 0 Å². The Kier molecular flexibility index (Phi) is 919. The van der Waals surface area contributed by atoms with E-state index in [0.29, 0.717) is 0 Å². The standard InChI is InChI=1S/3Na.4H2O.Sb/h;;;4*1H2;/q3*+1;;;;;. The van der Waals surface area contributed by atoms with Gasteiger partial charge in [-0.2, -0.15) is 0 Å². The van der Waals surface area contributed by atoms with Gasteiger partial charge in [0.15, 0.2) is 0 Å². The maximum atomic E-state index is 0. The van der Waals surface area contributed by atoms with Crippen molar-refractivity contribution in [1.82, 2.24) is 0 Å². The predicted molar refractivity (Wildman–Crippen MR) is 20.2 cm³/mol. The van der Waals surface area contributed by atoms with E-state index in [1.165, 1.54) is 0 Å². The van der Waals surface area contributed by atoms with Gasteiger partial charge in [-0.15, -0.1) is 0 Å². The van der Waals surface area contributed by atoms with Crippen LogP contribution in [-0.4, -0.2) is 46.3 Å². The largest absolute Gasteiger partial charge is 1.00 e. The van der Waals surface area contributed by atoms with Crippen LogP contribution < -0.4 is 88.7 Å². The normalized spacial score (nSPS) is 0. The van der Waals surface area contributed by atoms with Crippen molar-refractivity contribution in [3.63, 3.8) is 0 Å². The van der Waals surface area contributed by atoms with Crippen LogP contribution in [0.3, 0.4) is 0 Å². The molecule has 0 aromatic rings. The second-order valence-electron chi connectivity index (χ2n) is 0. The van der Waals surface area contributed by atoms with Gasteiger partial charge >= 0.3 is 88.7 Å². The molecular weight excluding hydrogens is 255 g/mol.